The van der Waals surface area contributed by atoms with Gasteiger partial charge in [-0.05, 0) is 48.4 Å². The zero-order chi connectivity index (χ0) is 17.5. The maximum Gasteiger partial charge on any atom is 0.251 e. The number of amides is 1. The quantitative estimate of drug-likeness (QED) is 0.571. The first kappa shape index (κ1) is 21.0. The van der Waals surface area contributed by atoms with Gasteiger partial charge in [0.15, 0.2) is 17.5 Å². The lowest BCUT2D eigenvalue weighted by molar-refractivity contribution is 0.0954. The Morgan fingerprint density at radius 2 is 1.52 bits per heavy atom. The van der Waals surface area contributed by atoms with Crippen molar-refractivity contribution >= 4 is 18.3 Å². The SMILES string of the molecule is CCCNCCNC(=O)c1ccc(-c2cc(F)c(F)c(F)c2)cc1.Cl. The summed E-state index contributed by atoms with van der Waals surface area (Å²) >= 11 is 0. The van der Waals surface area contributed by atoms with Crippen LogP contribution in [0.1, 0.15) is 23.7 Å². The average Bonchev–Trinajstić information content (AvgIpc) is 2.59. The number of rotatable bonds is 7. The number of nitrogens with one attached hydrogen (secondary N) is 2. The summed E-state index contributed by atoms with van der Waals surface area (Å²) < 4.78 is 39.5. The van der Waals surface area contributed by atoms with E-state index in [9.17, 15) is 18.0 Å². The van der Waals surface area contributed by atoms with Crippen molar-refractivity contribution in [3.63, 3.8) is 0 Å². The highest BCUT2D eigenvalue weighted by molar-refractivity contribution is 5.94. The second kappa shape index (κ2) is 10.1. The summed E-state index contributed by atoms with van der Waals surface area (Å²) in [7, 11) is 0. The van der Waals surface area contributed by atoms with Crippen LogP contribution in [0.5, 0.6) is 0 Å². The molecule has 25 heavy (non-hydrogen) atoms. The number of benzene rings is 2. The predicted octanol–water partition coefficient (Wildman–Crippen LogP) is 3.92. The van der Waals surface area contributed by atoms with Crippen molar-refractivity contribution in [1.29, 1.82) is 0 Å². The van der Waals surface area contributed by atoms with Crippen molar-refractivity contribution in [1.82, 2.24) is 10.6 Å². The Bertz CT molecular complexity index is 685. The summed E-state index contributed by atoms with van der Waals surface area (Å²) in [5.41, 5.74) is 1.15. The highest BCUT2D eigenvalue weighted by Gasteiger charge is 2.12. The van der Waals surface area contributed by atoms with Gasteiger partial charge in [0.2, 0.25) is 0 Å². The van der Waals surface area contributed by atoms with Gasteiger partial charge < -0.3 is 10.6 Å². The zero-order valence-electron chi connectivity index (χ0n) is 13.7. The smallest absolute Gasteiger partial charge is 0.251 e. The Morgan fingerprint density at radius 1 is 0.920 bits per heavy atom. The van der Waals surface area contributed by atoms with Gasteiger partial charge >= 0.3 is 0 Å². The van der Waals surface area contributed by atoms with Gasteiger partial charge in [-0.3, -0.25) is 4.79 Å². The summed E-state index contributed by atoms with van der Waals surface area (Å²) in [5.74, 6) is -4.21. The van der Waals surface area contributed by atoms with Gasteiger partial charge in [-0.15, -0.1) is 12.4 Å². The van der Waals surface area contributed by atoms with Crippen molar-refractivity contribution in [2.75, 3.05) is 19.6 Å². The Balaban J connectivity index is 0.00000312. The zero-order valence-corrected chi connectivity index (χ0v) is 14.6. The summed E-state index contributed by atoms with van der Waals surface area (Å²) in [4.78, 5) is 12.0. The van der Waals surface area contributed by atoms with Gasteiger partial charge in [-0.2, -0.15) is 0 Å². The molecule has 0 spiro atoms. The van der Waals surface area contributed by atoms with Gasteiger partial charge in [-0.25, -0.2) is 13.2 Å². The maximum atomic E-state index is 13.3. The normalized spacial score (nSPS) is 10.2. The van der Waals surface area contributed by atoms with E-state index in [4.69, 9.17) is 0 Å². The molecule has 0 radical (unpaired) electrons. The van der Waals surface area contributed by atoms with Gasteiger partial charge in [-0.1, -0.05) is 19.1 Å². The molecule has 0 aliphatic heterocycles. The van der Waals surface area contributed by atoms with Crippen LogP contribution in [0.2, 0.25) is 0 Å². The second-order valence-corrected chi connectivity index (χ2v) is 5.34. The molecule has 2 aromatic carbocycles. The van der Waals surface area contributed by atoms with Crippen LogP contribution in [-0.4, -0.2) is 25.5 Å². The van der Waals surface area contributed by atoms with Crippen LogP contribution in [0.25, 0.3) is 11.1 Å². The van der Waals surface area contributed by atoms with Crippen molar-refractivity contribution in [2.24, 2.45) is 0 Å². The fourth-order valence-corrected chi connectivity index (χ4v) is 2.20. The minimum Gasteiger partial charge on any atom is -0.351 e. The molecule has 0 aliphatic rings. The van der Waals surface area contributed by atoms with Gasteiger partial charge in [0.1, 0.15) is 0 Å². The van der Waals surface area contributed by atoms with E-state index >= 15 is 0 Å². The minimum atomic E-state index is -1.49. The molecule has 1 amide bonds. The van der Waals surface area contributed by atoms with Crippen molar-refractivity contribution < 1.29 is 18.0 Å². The molecule has 7 heteroatoms. The fraction of sp³-hybridized carbons (Fsp3) is 0.278. The molecule has 0 atom stereocenters. The molecule has 0 saturated carbocycles. The lowest BCUT2D eigenvalue weighted by atomic mass is 10.0. The molecule has 0 aliphatic carbocycles. The van der Waals surface area contributed by atoms with E-state index in [0.717, 1.165) is 25.1 Å². The van der Waals surface area contributed by atoms with E-state index < -0.39 is 17.5 Å². The van der Waals surface area contributed by atoms with Gasteiger partial charge in [0, 0.05) is 18.7 Å². The summed E-state index contributed by atoms with van der Waals surface area (Å²) in [6.07, 6.45) is 1.03. The lowest BCUT2D eigenvalue weighted by Crippen LogP contribution is -2.32. The van der Waals surface area contributed by atoms with E-state index in [-0.39, 0.29) is 23.9 Å². The molecular formula is C18H20ClF3N2O. The number of carbonyl (C=O) groups is 1. The molecule has 136 valence electrons. The summed E-state index contributed by atoms with van der Waals surface area (Å²) in [5, 5.41) is 5.94. The largest absolute Gasteiger partial charge is 0.351 e. The first-order chi connectivity index (χ1) is 11.5. The first-order valence-corrected chi connectivity index (χ1v) is 7.76. The molecule has 2 rings (SSSR count). The molecule has 0 aromatic heterocycles. The molecular weight excluding hydrogens is 353 g/mol. The Hall–Kier alpha value is -2.05. The van der Waals surface area contributed by atoms with E-state index in [1.54, 1.807) is 24.3 Å². The van der Waals surface area contributed by atoms with Crippen LogP contribution in [0.15, 0.2) is 36.4 Å². The third-order valence-electron chi connectivity index (χ3n) is 3.48. The molecule has 0 unspecified atom stereocenters. The van der Waals surface area contributed by atoms with Crippen LogP contribution >= 0.6 is 12.4 Å². The van der Waals surface area contributed by atoms with Crippen LogP contribution in [-0.2, 0) is 0 Å². The van der Waals surface area contributed by atoms with Gasteiger partial charge in [0.05, 0.1) is 0 Å². The van der Waals surface area contributed by atoms with E-state index in [2.05, 4.69) is 17.6 Å². The maximum absolute atomic E-state index is 13.3. The Kier molecular flexibility index (Phi) is 8.45. The molecule has 0 heterocycles. The standard InChI is InChI=1S/C18H19F3N2O.ClH/c1-2-7-22-8-9-23-18(24)13-5-3-12(4-6-13)14-10-15(19)17(21)16(20)11-14;/h3-6,10-11,22H,2,7-9H2,1H3,(H,23,24);1H. The average molecular weight is 373 g/mol. The van der Waals surface area contributed by atoms with Crippen LogP contribution in [0, 0.1) is 17.5 Å². The van der Waals surface area contributed by atoms with E-state index in [0.29, 0.717) is 24.2 Å². The van der Waals surface area contributed by atoms with E-state index in [1.165, 1.54) is 0 Å². The summed E-state index contributed by atoms with van der Waals surface area (Å²) in [6, 6.07) is 8.10. The van der Waals surface area contributed by atoms with Crippen LogP contribution in [0.3, 0.4) is 0 Å². The summed E-state index contributed by atoms with van der Waals surface area (Å²) in [6.45, 7) is 4.15. The third kappa shape index (κ3) is 5.76. The molecule has 0 bridgehead atoms. The van der Waals surface area contributed by atoms with Crippen molar-refractivity contribution in [2.45, 2.75) is 13.3 Å². The molecule has 0 saturated heterocycles. The third-order valence-corrected chi connectivity index (χ3v) is 3.48. The second-order valence-electron chi connectivity index (χ2n) is 5.34. The minimum absolute atomic E-state index is 0. The molecule has 3 nitrogen and oxygen atoms in total. The highest BCUT2D eigenvalue weighted by Crippen LogP contribution is 2.24. The van der Waals surface area contributed by atoms with Crippen molar-refractivity contribution in [3.8, 4) is 11.1 Å². The van der Waals surface area contributed by atoms with Gasteiger partial charge in [0.25, 0.3) is 5.91 Å². The van der Waals surface area contributed by atoms with Crippen molar-refractivity contribution in [3.05, 3.63) is 59.4 Å². The highest BCUT2D eigenvalue weighted by atomic mass is 35.5. The number of carbonyl (C=O) groups excluding carboxylic acids is 1. The monoisotopic (exact) mass is 372 g/mol. The number of halogens is 4. The topological polar surface area (TPSA) is 41.1 Å². The predicted molar refractivity (Wildman–Crippen MR) is 94.5 cm³/mol. The number of hydrogen-bond acceptors (Lipinski definition) is 2. The number of hydrogen-bond donors (Lipinski definition) is 2. The fourth-order valence-electron chi connectivity index (χ4n) is 2.20. The molecule has 2 aromatic rings. The van der Waals surface area contributed by atoms with E-state index in [1.807, 2.05) is 0 Å². The Labute approximate surface area is 151 Å². The Morgan fingerprint density at radius 3 is 2.08 bits per heavy atom. The van der Waals surface area contributed by atoms with Crippen LogP contribution < -0.4 is 10.6 Å². The first-order valence-electron chi connectivity index (χ1n) is 7.76. The van der Waals surface area contributed by atoms with Crippen LogP contribution in [0.4, 0.5) is 13.2 Å². The molecule has 0 fully saturated rings. The molecule has 2 N–H and O–H groups in total. The lowest BCUT2D eigenvalue weighted by Gasteiger charge is -2.08.